The average Bonchev–Trinajstić information content (AvgIpc) is 2.12. The normalized spacial score (nSPS) is 39.5. The quantitative estimate of drug-likeness (QED) is 0.602. The summed E-state index contributed by atoms with van der Waals surface area (Å²) in [6.45, 7) is 9.02. The number of aliphatic hydroxyl groups is 1. The molecule has 0 aromatic carbocycles. The van der Waals surface area contributed by atoms with Gasteiger partial charge < -0.3 is 5.11 Å². The van der Waals surface area contributed by atoms with Gasteiger partial charge in [-0.15, -0.1) is 0 Å². The molecule has 0 aromatic heterocycles. The standard InChI is InChI=1S/C9H20OSi/c1-8-6-5-7-9(8,10)11(2,3)4/h8,10H,5-7H2,1-4H3/t8-,9+/m1/s1. The first-order valence-corrected chi connectivity index (χ1v) is 8.10. The summed E-state index contributed by atoms with van der Waals surface area (Å²) in [6, 6.07) is 0. The van der Waals surface area contributed by atoms with Crippen LogP contribution in [0, 0.1) is 5.92 Å². The Balaban J connectivity index is 2.81. The Labute approximate surface area is 70.8 Å². The van der Waals surface area contributed by atoms with Crippen LogP contribution in [0.15, 0.2) is 0 Å². The van der Waals surface area contributed by atoms with Gasteiger partial charge in [0.15, 0.2) is 0 Å². The van der Waals surface area contributed by atoms with Gasteiger partial charge in [0.1, 0.15) is 0 Å². The molecular weight excluding hydrogens is 152 g/mol. The van der Waals surface area contributed by atoms with Crippen molar-refractivity contribution in [3.63, 3.8) is 0 Å². The van der Waals surface area contributed by atoms with Crippen molar-refractivity contribution in [3.05, 3.63) is 0 Å². The van der Waals surface area contributed by atoms with E-state index >= 15 is 0 Å². The Hall–Kier alpha value is 0.177. The van der Waals surface area contributed by atoms with E-state index < -0.39 is 8.07 Å². The van der Waals surface area contributed by atoms with E-state index in [-0.39, 0.29) is 5.22 Å². The maximum absolute atomic E-state index is 10.4. The van der Waals surface area contributed by atoms with Crippen molar-refractivity contribution >= 4 is 8.07 Å². The van der Waals surface area contributed by atoms with E-state index in [1.54, 1.807) is 0 Å². The molecule has 1 aliphatic carbocycles. The van der Waals surface area contributed by atoms with Gasteiger partial charge in [-0.1, -0.05) is 33.0 Å². The van der Waals surface area contributed by atoms with Crippen molar-refractivity contribution in [2.24, 2.45) is 5.92 Å². The summed E-state index contributed by atoms with van der Waals surface area (Å²) in [4.78, 5) is 0. The van der Waals surface area contributed by atoms with E-state index in [4.69, 9.17) is 0 Å². The van der Waals surface area contributed by atoms with Crippen LogP contribution >= 0.6 is 0 Å². The lowest BCUT2D eigenvalue weighted by atomic mass is 10.1. The molecule has 1 rings (SSSR count). The second-order valence-electron chi connectivity index (χ2n) is 4.97. The van der Waals surface area contributed by atoms with E-state index in [2.05, 4.69) is 26.6 Å². The highest BCUT2D eigenvalue weighted by atomic mass is 28.3. The Morgan fingerprint density at radius 1 is 1.36 bits per heavy atom. The second kappa shape index (κ2) is 2.59. The van der Waals surface area contributed by atoms with Crippen molar-refractivity contribution < 1.29 is 5.11 Å². The minimum absolute atomic E-state index is 0.271. The molecule has 1 saturated carbocycles. The summed E-state index contributed by atoms with van der Waals surface area (Å²) in [5.74, 6) is 0.536. The molecule has 0 heterocycles. The van der Waals surface area contributed by atoms with Crippen molar-refractivity contribution in [2.75, 3.05) is 0 Å². The molecule has 1 N–H and O–H groups in total. The van der Waals surface area contributed by atoms with Crippen LogP contribution in [0.3, 0.4) is 0 Å². The van der Waals surface area contributed by atoms with Crippen LogP contribution in [0.5, 0.6) is 0 Å². The molecule has 1 aliphatic rings. The van der Waals surface area contributed by atoms with Gasteiger partial charge in [0, 0.05) is 0 Å². The van der Waals surface area contributed by atoms with E-state index in [1.165, 1.54) is 12.8 Å². The second-order valence-corrected chi connectivity index (χ2v) is 10.3. The molecule has 11 heavy (non-hydrogen) atoms. The molecule has 2 heteroatoms. The Morgan fingerprint density at radius 3 is 2.09 bits per heavy atom. The summed E-state index contributed by atoms with van der Waals surface area (Å²) in [7, 11) is -1.36. The van der Waals surface area contributed by atoms with Crippen molar-refractivity contribution in [2.45, 2.75) is 51.1 Å². The molecule has 0 aliphatic heterocycles. The predicted octanol–water partition coefficient (Wildman–Crippen LogP) is 2.41. The number of hydrogen-bond donors (Lipinski definition) is 1. The number of hydrogen-bond acceptors (Lipinski definition) is 1. The van der Waals surface area contributed by atoms with Gasteiger partial charge >= 0.3 is 0 Å². The van der Waals surface area contributed by atoms with Gasteiger partial charge in [-0.3, -0.25) is 0 Å². The van der Waals surface area contributed by atoms with Crippen LogP contribution < -0.4 is 0 Å². The maximum atomic E-state index is 10.4. The SMILES string of the molecule is C[C@@H]1CCC[C@]1(O)[Si](C)(C)C. The van der Waals surface area contributed by atoms with Crippen LogP contribution in [0.2, 0.25) is 19.6 Å². The van der Waals surface area contributed by atoms with Crippen LogP contribution in [-0.2, 0) is 0 Å². The molecule has 0 amide bonds. The largest absolute Gasteiger partial charge is 0.393 e. The molecule has 2 atom stereocenters. The monoisotopic (exact) mass is 172 g/mol. The molecular formula is C9H20OSi. The lowest BCUT2D eigenvalue weighted by molar-refractivity contribution is 0.0821. The van der Waals surface area contributed by atoms with Crippen LogP contribution in [0.4, 0.5) is 0 Å². The molecule has 0 saturated heterocycles. The van der Waals surface area contributed by atoms with E-state index in [0.717, 1.165) is 6.42 Å². The molecule has 66 valence electrons. The molecule has 0 aromatic rings. The first kappa shape index (κ1) is 9.27. The third-order valence-corrected chi connectivity index (χ3v) is 6.65. The zero-order valence-electron chi connectivity index (χ0n) is 8.15. The molecule has 0 bridgehead atoms. The van der Waals surface area contributed by atoms with Gasteiger partial charge in [0.05, 0.1) is 13.3 Å². The zero-order chi connectivity index (χ0) is 8.70. The highest BCUT2D eigenvalue weighted by Gasteiger charge is 2.48. The van der Waals surface area contributed by atoms with Gasteiger partial charge in [0.25, 0.3) is 0 Å². The van der Waals surface area contributed by atoms with Gasteiger partial charge in [-0.2, -0.15) is 0 Å². The molecule has 1 nitrogen and oxygen atoms in total. The van der Waals surface area contributed by atoms with Crippen molar-refractivity contribution in [1.29, 1.82) is 0 Å². The first-order valence-electron chi connectivity index (χ1n) is 4.60. The van der Waals surface area contributed by atoms with E-state index in [0.29, 0.717) is 5.92 Å². The van der Waals surface area contributed by atoms with Crippen LogP contribution in [0.1, 0.15) is 26.2 Å². The molecule has 1 fully saturated rings. The Bertz CT molecular complexity index is 150. The maximum Gasteiger partial charge on any atom is 0.0824 e. The fraction of sp³-hybridized carbons (Fsp3) is 1.00. The summed E-state index contributed by atoms with van der Waals surface area (Å²) >= 11 is 0. The average molecular weight is 172 g/mol. The lowest BCUT2D eigenvalue weighted by Crippen LogP contribution is -2.53. The molecule has 0 unspecified atom stereocenters. The van der Waals surface area contributed by atoms with Gasteiger partial charge in [-0.05, 0) is 18.8 Å². The van der Waals surface area contributed by atoms with E-state index in [9.17, 15) is 5.11 Å². The minimum Gasteiger partial charge on any atom is -0.393 e. The topological polar surface area (TPSA) is 20.2 Å². The van der Waals surface area contributed by atoms with Crippen molar-refractivity contribution in [1.82, 2.24) is 0 Å². The zero-order valence-corrected chi connectivity index (χ0v) is 9.15. The summed E-state index contributed by atoms with van der Waals surface area (Å²) in [5.41, 5.74) is 0. The van der Waals surface area contributed by atoms with Crippen LogP contribution in [0.25, 0.3) is 0 Å². The van der Waals surface area contributed by atoms with Crippen molar-refractivity contribution in [3.8, 4) is 0 Å². The summed E-state index contributed by atoms with van der Waals surface area (Å²) < 4.78 is 0. The summed E-state index contributed by atoms with van der Waals surface area (Å²) in [6.07, 6.45) is 3.49. The smallest absolute Gasteiger partial charge is 0.0824 e. The number of rotatable bonds is 1. The van der Waals surface area contributed by atoms with Gasteiger partial charge in [0.2, 0.25) is 0 Å². The predicted molar refractivity (Wildman–Crippen MR) is 51.3 cm³/mol. The fourth-order valence-electron chi connectivity index (χ4n) is 2.28. The highest BCUT2D eigenvalue weighted by molar-refractivity contribution is 6.79. The molecule has 0 radical (unpaired) electrons. The van der Waals surface area contributed by atoms with Gasteiger partial charge in [-0.25, -0.2) is 0 Å². The Kier molecular flexibility index (Phi) is 2.19. The first-order chi connectivity index (χ1) is 4.88. The fourth-order valence-corrected chi connectivity index (χ4v) is 4.83. The molecule has 0 spiro atoms. The van der Waals surface area contributed by atoms with E-state index in [1.807, 2.05) is 0 Å². The minimum atomic E-state index is -1.36. The highest BCUT2D eigenvalue weighted by Crippen LogP contribution is 2.41. The lowest BCUT2D eigenvalue weighted by Gasteiger charge is -2.39. The third-order valence-electron chi connectivity index (χ3n) is 3.31. The Morgan fingerprint density at radius 2 is 1.91 bits per heavy atom. The third kappa shape index (κ3) is 1.38. The summed E-state index contributed by atoms with van der Waals surface area (Å²) in [5, 5.41) is 10.1. The van der Waals surface area contributed by atoms with Crippen LogP contribution in [-0.4, -0.2) is 18.4 Å².